The Balaban J connectivity index is 1.11. The highest BCUT2D eigenvalue weighted by atomic mass is 16.5. The van der Waals surface area contributed by atoms with Crippen LogP contribution >= 0.6 is 0 Å². The fraction of sp³-hybridized carbons (Fsp3) is 0.625. The Labute approximate surface area is 224 Å². The van der Waals surface area contributed by atoms with Crippen molar-refractivity contribution >= 4 is 0 Å². The fourth-order valence-corrected chi connectivity index (χ4v) is 6.53. The van der Waals surface area contributed by atoms with Crippen LogP contribution in [0.4, 0.5) is 0 Å². The monoisotopic (exact) mass is 509 g/mol. The van der Waals surface area contributed by atoms with Crippen LogP contribution in [0.3, 0.4) is 0 Å². The fourth-order valence-electron chi connectivity index (χ4n) is 6.53. The van der Waals surface area contributed by atoms with Gasteiger partial charge in [-0.15, -0.1) is 0 Å². The van der Waals surface area contributed by atoms with Gasteiger partial charge in [-0.25, -0.2) is 0 Å². The molecule has 1 saturated heterocycles. The number of ether oxygens (including phenoxy) is 4. The Morgan fingerprint density at radius 1 is 0.649 bits per heavy atom. The Bertz CT molecular complexity index is 928. The summed E-state index contributed by atoms with van der Waals surface area (Å²) in [5, 5.41) is 0. The van der Waals surface area contributed by atoms with E-state index in [-0.39, 0.29) is 0 Å². The molecule has 4 rings (SSSR count). The number of likely N-dealkylation sites (tertiary alicyclic amines) is 1. The average molecular weight is 510 g/mol. The Kier molecular flexibility index (Phi) is 10.4. The number of piperidine rings is 1. The smallest absolute Gasteiger partial charge is 0.207 e. The van der Waals surface area contributed by atoms with Crippen LogP contribution in [-0.2, 0) is 12.8 Å². The molecule has 0 saturated carbocycles. The molecule has 0 radical (unpaired) electrons. The summed E-state index contributed by atoms with van der Waals surface area (Å²) in [5.74, 6) is 4.29. The van der Waals surface area contributed by atoms with E-state index in [4.69, 9.17) is 18.9 Å². The average Bonchev–Trinajstić information content (AvgIpc) is 3.37. The van der Waals surface area contributed by atoms with Gasteiger partial charge in [0.15, 0.2) is 11.5 Å². The molecule has 1 aliphatic heterocycles. The molecule has 1 heterocycles. The van der Waals surface area contributed by atoms with Gasteiger partial charge in [0.2, 0.25) is 11.5 Å². The zero-order valence-corrected chi connectivity index (χ0v) is 23.5. The van der Waals surface area contributed by atoms with E-state index in [1.54, 1.807) is 28.4 Å². The lowest BCUT2D eigenvalue weighted by atomic mass is 9.89. The number of hydrogen-bond acceptors (Lipinski definition) is 5. The lowest BCUT2D eigenvalue weighted by Crippen LogP contribution is -2.33. The van der Waals surface area contributed by atoms with Crippen LogP contribution in [0.25, 0.3) is 0 Å². The summed E-state index contributed by atoms with van der Waals surface area (Å²) in [5.41, 5.74) is 3.99. The molecule has 2 aromatic carbocycles. The maximum absolute atomic E-state index is 5.76. The van der Waals surface area contributed by atoms with Gasteiger partial charge in [0.05, 0.1) is 28.4 Å². The maximum Gasteiger partial charge on any atom is 0.207 e. The normalized spacial score (nSPS) is 16.5. The van der Waals surface area contributed by atoms with Crippen LogP contribution in [-0.4, -0.2) is 53.0 Å². The lowest BCUT2D eigenvalue weighted by molar-refractivity contribution is 0.208. The SMILES string of the molecule is COc1c2c(c(OC)c(OC)c1OC)CC(CCCCCCCCN1CCC(c3ccccc3)CC1)C2. The summed E-state index contributed by atoms with van der Waals surface area (Å²) in [4.78, 5) is 2.68. The molecule has 5 nitrogen and oxygen atoms in total. The number of unbranched alkanes of at least 4 members (excludes halogenated alkanes) is 5. The van der Waals surface area contributed by atoms with Crippen molar-refractivity contribution in [3.63, 3.8) is 0 Å². The number of benzene rings is 2. The number of methoxy groups -OCH3 is 4. The highest BCUT2D eigenvalue weighted by Crippen LogP contribution is 2.53. The molecule has 5 heteroatoms. The van der Waals surface area contributed by atoms with Crippen molar-refractivity contribution in [2.24, 2.45) is 5.92 Å². The number of hydrogen-bond donors (Lipinski definition) is 0. The molecule has 204 valence electrons. The van der Waals surface area contributed by atoms with Crippen molar-refractivity contribution in [3.05, 3.63) is 47.0 Å². The highest BCUT2D eigenvalue weighted by Gasteiger charge is 2.33. The third-order valence-corrected chi connectivity index (χ3v) is 8.53. The largest absolute Gasteiger partial charge is 0.492 e. The predicted octanol–water partition coefficient (Wildman–Crippen LogP) is 7.05. The van der Waals surface area contributed by atoms with Gasteiger partial charge in [-0.3, -0.25) is 0 Å². The molecule has 2 aliphatic rings. The number of fused-ring (bicyclic) bond motifs is 1. The first-order valence-electron chi connectivity index (χ1n) is 14.3. The molecule has 0 unspecified atom stereocenters. The molecule has 1 aliphatic carbocycles. The summed E-state index contributed by atoms with van der Waals surface area (Å²) >= 11 is 0. The first kappa shape index (κ1) is 27.6. The van der Waals surface area contributed by atoms with Crippen LogP contribution in [0, 0.1) is 5.92 Å². The zero-order chi connectivity index (χ0) is 26.0. The van der Waals surface area contributed by atoms with Crippen LogP contribution in [0.15, 0.2) is 30.3 Å². The highest BCUT2D eigenvalue weighted by molar-refractivity contribution is 5.68. The third-order valence-electron chi connectivity index (χ3n) is 8.53. The topological polar surface area (TPSA) is 40.2 Å². The van der Waals surface area contributed by atoms with E-state index in [0.29, 0.717) is 17.4 Å². The second kappa shape index (κ2) is 13.9. The summed E-state index contributed by atoms with van der Waals surface area (Å²) in [7, 11) is 6.74. The van der Waals surface area contributed by atoms with Crippen LogP contribution in [0.5, 0.6) is 23.0 Å². The van der Waals surface area contributed by atoms with Crippen molar-refractivity contribution in [2.45, 2.75) is 76.5 Å². The summed E-state index contributed by atoms with van der Waals surface area (Å²) < 4.78 is 22.8. The molecule has 0 aromatic heterocycles. The van der Waals surface area contributed by atoms with Crippen molar-refractivity contribution in [1.82, 2.24) is 4.90 Å². The van der Waals surface area contributed by atoms with Crippen LogP contribution in [0.2, 0.25) is 0 Å². The Morgan fingerprint density at radius 3 is 1.70 bits per heavy atom. The Morgan fingerprint density at radius 2 is 1.16 bits per heavy atom. The summed E-state index contributed by atoms with van der Waals surface area (Å²) in [6, 6.07) is 11.1. The standard InChI is InChI=1S/C32H47NO4/c1-34-29-27-22-24(23-28(27)30(35-2)32(37-4)31(29)36-3)14-10-7-5-6-8-13-19-33-20-17-26(18-21-33)25-15-11-9-12-16-25/h9,11-12,15-16,24,26H,5-8,10,13-14,17-23H2,1-4H3. The number of nitrogens with zero attached hydrogens (tertiary/aromatic N) is 1. The van der Waals surface area contributed by atoms with Gasteiger partial charge < -0.3 is 23.8 Å². The van der Waals surface area contributed by atoms with E-state index in [0.717, 1.165) is 30.3 Å². The molecule has 0 spiro atoms. The van der Waals surface area contributed by atoms with Gasteiger partial charge in [0.25, 0.3) is 0 Å². The molecule has 37 heavy (non-hydrogen) atoms. The van der Waals surface area contributed by atoms with Crippen molar-refractivity contribution in [2.75, 3.05) is 48.1 Å². The maximum atomic E-state index is 5.76. The van der Waals surface area contributed by atoms with E-state index in [9.17, 15) is 0 Å². The second-order valence-corrected chi connectivity index (χ2v) is 10.8. The van der Waals surface area contributed by atoms with Crippen molar-refractivity contribution < 1.29 is 18.9 Å². The molecule has 1 fully saturated rings. The Hall–Kier alpha value is -2.40. The second-order valence-electron chi connectivity index (χ2n) is 10.8. The molecule has 0 bridgehead atoms. The van der Waals surface area contributed by atoms with E-state index < -0.39 is 0 Å². The summed E-state index contributed by atoms with van der Waals surface area (Å²) in [6.45, 7) is 3.80. The lowest BCUT2D eigenvalue weighted by Gasteiger charge is -2.32. The van der Waals surface area contributed by atoms with E-state index in [1.165, 1.54) is 94.1 Å². The van der Waals surface area contributed by atoms with Crippen LogP contribution < -0.4 is 18.9 Å². The molecule has 0 amide bonds. The van der Waals surface area contributed by atoms with Gasteiger partial charge >= 0.3 is 0 Å². The quantitative estimate of drug-likeness (QED) is 0.255. The van der Waals surface area contributed by atoms with E-state index in [2.05, 4.69) is 35.2 Å². The molecule has 0 atom stereocenters. The first-order valence-corrected chi connectivity index (χ1v) is 14.3. The van der Waals surface area contributed by atoms with Gasteiger partial charge in [0.1, 0.15) is 0 Å². The van der Waals surface area contributed by atoms with Gasteiger partial charge in [0, 0.05) is 11.1 Å². The molecule has 0 N–H and O–H groups in total. The molecular weight excluding hydrogens is 462 g/mol. The molecular formula is C32H47NO4. The third kappa shape index (κ3) is 6.73. The van der Waals surface area contributed by atoms with E-state index in [1.807, 2.05) is 0 Å². The van der Waals surface area contributed by atoms with Crippen molar-refractivity contribution in [3.8, 4) is 23.0 Å². The number of rotatable bonds is 14. The minimum Gasteiger partial charge on any atom is -0.492 e. The van der Waals surface area contributed by atoms with Gasteiger partial charge in [-0.1, -0.05) is 62.4 Å². The minimum atomic E-state index is 0.633. The minimum absolute atomic E-state index is 0.633. The van der Waals surface area contributed by atoms with Gasteiger partial charge in [-0.05, 0) is 75.6 Å². The van der Waals surface area contributed by atoms with Crippen molar-refractivity contribution in [1.29, 1.82) is 0 Å². The first-order chi connectivity index (χ1) is 18.2. The summed E-state index contributed by atoms with van der Waals surface area (Å²) in [6.07, 6.45) is 14.0. The van der Waals surface area contributed by atoms with E-state index >= 15 is 0 Å². The van der Waals surface area contributed by atoms with Crippen LogP contribution in [0.1, 0.15) is 80.4 Å². The zero-order valence-electron chi connectivity index (χ0n) is 23.5. The van der Waals surface area contributed by atoms with Gasteiger partial charge in [-0.2, -0.15) is 0 Å². The predicted molar refractivity (Wildman–Crippen MR) is 151 cm³/mol. The molecule has 2 aromatic rings.